The molecule has 0 aliphatic carbocycles. The fraction of sp³-hybridized carbons (Fsp3) is 0.310. The molecule has 0 aliphatic heterocycles. The first-order chi connectivity index (χ1) is 17.5. The highest BCUT2D eigenvalue weighted by atomic mass is 35.5. The molecule has 0 saturated heterocycles. The summed E-state index contributed by atoms with van der Waals surface area (Å²) in [6.07, 6.45) is -0.0700. The summed E-state index contributed by atoms with van der Waals surface area (Å²) in [4.78, 5) is 28.0. The van der Waals surface area contributed by atoms with Crippen molar-refractivity contribution >= 4 is 47.3 Å². The Bertz CT molecular complexity index is 1230. The summed E-state index contributed by atoms with van der Waals surface area (Å²) < 4.78 is 5.51. The third-order valence-corrected chi connectivity index (χ3v) is 7.42. The van der Waals surface area contributed by atoms with Crippen LogP contribution < -0.4 is 0 Å². The lowest BCUT2D eigenvalue weighted by atomic mass is 10.00. The second-order valence-electron chi connectivity index (χ2n) is 9.76. The van der Waals surface area contributed by atoms with Gasteiger partial charge >= 0.3 is 6.09 Å². The van der Waals surface area contributed by atoms with Gasteiger partial charge in [0, 0.05) is 32.0 Å². The van der Waals surface area contributed by atoms with E-state index in [1.54, 1.807) is 35.2 Å². The number of ether oxygens (including phenoxy) is 1. The third-order valence-electron chi connectivity index (χ3n) is 5.77. The van der Waals surface area contributed by atoms with Gasteiger partial charge in [0.25, 0.3) is 0 Å². The molecule has 0 unspecified atom stereocenters. The zero-order valence-corrected chi connectivity index (χ0v) is 23.6. The molecule has 8 heteroatoms. The Morgan fingerprint density at radius 3 is 2.38 bits per heavy atom. The van der Waals surface area contributed by atoms with Crippen LogP contribution in [0.4, 0.5) is 4.79 Å². The minimum atomic E-state index is -0.968. The molecule has 0 heterocycles. The van der Waals surface area contributed by atoms with Crippen LogP contribution in [0, 0.1) is 0 Å². The van der Waals surface area contributed by atoms with Gasteiger partial charge in [0.2, 0.25) is 0 Å². The Labute approximate surface area is 232 Å². The quantitative estimate of drug-likeness (QED) is 0.270. The molecule has 0 spiro atoms. The Hall–Kier alpha value is -2.51. The van der Waals surface area contributed by atoms with E-state index < -0.39 is 17.7 Å². The highest BCUT2D eigenvalue weighted by molar-refractivity contribution is 7.99. The van der Waals surface area contributed by atoms with Crippen LogP contribution in [0.1, 0.15) is 55.3 Å². The average Bonchev–Trinajstić information content (AvgIpc) is 2.83. The van der Waals surface area contributed by atoms with Crippen molar-refractivity contribution in [3.63, 3.8) is 0 Å². The molecule has 0 aromatic heterocycles. The molecule has 0 radical (unpaired) electrons. The van der Waals surface area contributed by atoms with Gasteiger partial charge in [-0.05, 0) is 81.6 Å². The fourth-order valence-corrected chi connectivity index (χ4v) is 5.53. The summed E-state index contributed by atoms with van der Waals surface area (Å²) in [6, 6.07) is 20.1. The van der Waals surface area contributed by atoms with Gasteiger partial charge in [-0.15, -0.1) is 0 Å². The van der Waals surface area contributed by atoms with E-state index in [1.165, 1.54) is 11.8 Å². The molecule has 0 bridgehead atoms. The van der Waals surface area contributed by atoms with Crippen LogP contribution >= 0.6 is 35.0 Å². The lowest BCUT2D eigenvalue weighted by molar-refractivity contribution is 0.0177. The zero-order valence-electron chi connectivity index (χ0n) is 21.3. The van der Waals surface area contributed by atoms with E-state index in [1.807, 2.05) is 64.1 Å². The first kappa shape index (κ1) is 29.1. The molecule has 5 nitrogen and oxygen atoms in total. The van der Waals surface area contributed by atoms with Crippen molar-refractivity contribution in [2.75, 3.05) is 6.61 Å². The summed E-state index contributed by atoms with van der Waals surface area (Å²) in [6.45, 7) is 7.66. The van der Waals surface area contributed by atoms with Crippen molar-refractivity contribution in [3.8, 4) is 0 Å². The molecular formula is C29H31Cl2NO4S. The van der Waals surface area contributed by atoms with Crippen LogP contribution in [-0.4, -0.2) is 40.6 Å². The Balaban J connectivity index is 1.65. The van der Waals surface area contributed by atoms with Gasteiger partial charge in [-0.3, -0.25) is 4.79 Å². The van der Waals surface area contributed by atoms with Gasteiger partial charge in [0.05, 0.1) is 5.02 Å². The predicted octanol–water partition coefficient (Wildman–Crippen LogP) is 7.86. The summed E-state index contributed by atoms with van der Waals surface area (Å²) in [5, 5.41) is 11.4. The molecular weight excluding hydrogens is 529 g/mol. The first-order valence-electron chi connectivity index (χ1n) is 11.9. The SMILES string of the molecule is C[C@H](Cc1ccc(Sc2cccc(Cl)c2C=O)cc1)N(C(=O)OC[C@H](O)c1cccc(Cl)c1)C(C)(C)C. The number of carbonyl (C=O) groups is 2. The van der Waals surface area contributed by atoms with Crippen molar-refractivity contribution in [1.82, 2.24) is 4.90 Å². The molecule has 2 atom stereocenters. The second kappa shape index (κ2) is 12.8. The van der Waals surface area contributed by atoms with E-state index in [4.69, 9.17) is 27.9 Å². The maximum atomic E-state index is 13.1. The summed E-state index contributed by atoms with van der Waals surface area (Å²) >= 11 is 13.6. The van der Waals surface area contributed by atoms with E-state index in [0.717, 1.165) is 21.6 Å². The summed E-state index contributed by atoms with van der Waals surface area (Å²) in [5.74, 6) is 0. The van der Waals surface area contributed by atoms with Crippen LogP contribution in [0.5, 0.6) is 0 Å². The lowest BCUT2D eigenvalue weighted by Gasteiger charge is -2.39. The molecule has 3 rings (SSSR count). The minimum absolute atomic E-state index is 0.163. The molecule has 0 saturated carbocycles. The third kappa shape index (κ3) is 7.99. The smallest absolute Gasteiger partial charge is 0.410 e. The number of carbonyl (C=O) groups excluding carboxylic acids is 2. The molecule has 1 amide bonds. The second-order valence-corrected chi connectivity index (χ2v) is 11.7. The number of benzene rings is 3. The number of halogens is 2. The number of hydrogen-bond donors (Lipinski definition) is 1. The maximum Gasteiger partial charge on any atom is 0.410 e. The van der Waals surface area contributed by atoms with Crippen molar-refractivity contribution < 1.29 is 19.4 Å². The van der Waals surface area contributed by atoms with E-state index >= 15 is 0 Å². The molecule has 196 valence electrons. The van der Waals surface area contributed by atoms with E-state index in [2.05, 4.69) is 0 Å². The number of nitrogens with zero attached hydrogens (tertiary/aromatic N) is 1. The number of rotatable bonds is 9. The fourth-order valence-electron chi connectivity index (χ4n) is 4.12. The Morgan fingerprint density at radius 1 is 1.08 bits per heavy atom. The molecule has 0 fully saturated rings. The number of amides is 1. The number of hydrogen-bond acceptors (Lipinski definition) is 5. The number of aliphatic hydroxyl groups is 1. The molecule has 1 N–H and O–H groups in total. The van der Waals surface area contributed by atoms with Gasteiger partial charge in [0.1, 0.15) is 12.7 Å². The Morgan fingerprint density at radius 2 is 1.76 bits per heavy atom. The van der Waals surface area contributed by atoms with Crippen molar-refractivity contribution in [1.29, 1.82) is 0 Å². The van der Waals surface area contributed by atoms with Crippen molar-refractivity contribution in [3.05, 3.63) is 93.5 Å². The van der Waals surface area contributed by atoms with E-state index in [0.29, 0.717) is 27.6 Å². The van der Waals surface area contributed by atoms with E-state index in [9.17, 15) is 14.7 Å². The van der Waals surface area contributed by atoms with Crippen molar-refractivity contribution in [2.45, 2.75) is 61.6 Å². The van der Waals surface area contributed by atoms with Gasteiger partial charge in [-0.25, -0.2) is 4.79 Å². The molecule has 37 heavy (non-hydrogen) atoms. The topological polar surface area (TPSA) is 66.8 Å². The zero-order chi connectivity index (χ0) is 27.2. The Kier molecular flexibility index (Phi) is 10.1. The monoisotopic (exact) mass is 559 g/mol. The van der Waals surface area contributed by atoms with Gasteiger partial charge in [0.15, 0.2) is 6.29 Å². The highest BCUT2D eigenvalue weighted by Gasteiger charge is 2.32. The largest absolute Gasteiger partial charge is 0.446 e. The average molecular weight is 561 g/mol. The minimum Gasteiger partial charge on any atom is -0.446 e. The van der Waals surface area contributed by atoms with Gasteiger partial charge in [-0.1, -0.05) is 65.3 Å². The van der Waals surface area contributed by atoms with Crippen LogP contribution in [0.25, 0.3) is 0 Å². The van der Waals surface area contributed by atoms with E-state index in [-0.39, 0.29) is 12.6 Å². The van der Waals surface area contributed by atoms with Crippen molar-refractivity contribution in [2.24, 2.45) is 0 Å². The van der Waals surface area contributed by atoms with Crippen LogP contribution in [0.2, 0.25) is 10.0 Å². The summed E-state index contributed by atoms with van der Waals surface area (Å²) in [5.41, 5.74) is 1.63. The maximum absolute atomic E-state index is 13.1. The first-order valence-corrected chi connectivity index (χ1v) is 13.5. The predicted molar refractivity (Wildman–Crippen MR) is 150 cm³/mol. The normalized spacial score (nSPS) is 13.1. The van der Waals surface area contributed by atoms with Crippen LogP contribution in [0.3, 0.4) is 0 Å². The van der Waals surface area contributed by atoms with Gasteiger partial charge < -0.3 is 14.7 Å². The van der Waals surface area contributed by atoms with Crippen LogP contribution in [0.15, 0.2) is 76.5 Å². The standard InChI is InChI=1S/C29H31Cl2NO4S/c1-19(15-20-11-13-23(14-12-20)37-27-10-6-9-25(31)24(27)17-33)32(29(2,3)4)28(35)36-18-26(34)21-7-5-8-22(30)16-21/h5-14,16-17,19,26,34H,15,18H2,1-4H3/t19-,26+/m1/s1. The lowest BCUT2D eigenvalue weighted by Crippen LogP contribution is -2.51. The molecule has 0 aliphatic rings. The summed E-state index contributed by atoms with van der Waals surface area (Å²) in [7, 11) is 0. The molecule has 3 aromatic carbocycles. The molecule has 3 aromatic rings. The number of aldehydes is 1. The van der Waals surface area contributed by atoms with Gasteiger partial charge in [-0.2, -0.15) is 0 Å². The highest BCUT2D eigenvalue weighted by Crippen LogP contribution is 2.33. The number of aliphatic hydroxyl groups excluding tert-OH is 1. The van der Waals surface area contributed by atoms with Crippen LogP contribution in [-0.2, 0) is 11.2 Å².